The van der Waals surface area contributed by atoms with Crippen LogP contribution in [-0.2, 0) is 0 Å². The third-order valence-electron chi connectivity index (χ3n) is 2.93. The maximum atomic E-state index is 4.36. The lowest BCUT2D eigenvalue weighted by molar-refractivity contribution is 0.374. The van der Waals surface area contributed by atoms with E-state index in [2.05, 4.69) is 29.8 Å². The first-order valence-electron chi connectivity index (χ1n) is 6.37. The molecule has 86 valence electrons. The normalized spacial score (nSPS) is 12.9. The molecule has 0 aliphatic heterocycles. The summed E-state index contributed by atoms with van der Waals surface area (Å²) in [5.41, 5.74) is 0. The summed E-state index contributed by atoms with van der Waals surface area (Å²) in [7, 11) is 0. The summed E-state index contributed by atoms with van der Waals surface area (Å²) in [5.74, 6) is 0. The summed E-state index contributed by atoms with van der Waals surface area (Å²) in [4.78, 5) is 0. The molecule has 1 unspecified atom stereocenters. The van der Waals surface area contributed by atoms with Gasteiger partial charge >= 0.3 is 0 Å². The van der Waals surface area contributed by atoms with Gasteiger partial charge in [-0.15, -0.1) is 0 Å². The van der Waals surface area contributed by atoms with Gasteiger partial charge in [-0.2, -0.15) is 5.10 Å². The minimum Gasteiger partial charge on any atom is -0.270 e. The molecule has 15 heavy (non-hydrogen) atoms. The molecule has 0 amide bonds. The van der Waals surface area contributed by atoms with Gasteiger partial charge in [0.25, 0.3) is 0 Å². The molecule has 1 rings (SSSR count). The molecule has 0 aromatic carbocycles. The van der Waals surface area contributed by atoms with Gasteiger partial charge in [0.15, 0.2) is 0 Å². The van der Waals surface area contributed by atoms with Crippen molar-refractivity contribution in [1.82, 2.24) is 9.78 Å². The maximum Gasteiger partial charge on any atom is 0.0519 e. The van der Waals surface area contributed by atoms with Crippen LogP contribution in [0.3, 0.4) is 0 Å². The summed E-state index contributed by atoms with van der Waals surface area (Å²) in [6.07, 6.45) is 13.2. The predicted octanol–water partition coefficient (Wildman–Crippen LogP) is 4.19. The highest BCUT2D eigenvalue weighted by molar-refractivity contribution is 4.81. The Morgan fingerprint density at radius 1 is 1.07 bits per heavy atom. The van der Waals surface area contributed by atoms with Gasteiger partial charge in [-0.1, -0.05) is 46.0 Å². The highest BCUT2D eigenvalue weighted by Crippen LogP contribution is 2.21. The lowest BCUT2D eigenvalue weighted by Gasteiger charge is -2.17. The van der Waals surface area contributed by atoms with Gasteiger partial charge in [-0.3, -0.25) is 4.68 Å². The van der Waals surface area contributed by atoms with Crippen molar-refractivity contribution in [2.24, 2.45) is 0 Å². The van der Waals surface area contributed by atoms with E-state index in [1.807, 2.05) is 12.3 Å². The highest BCUT2D eigenvalue weighted by atomic mass is 15.3. The van der Waals surface area contributed by atoms with Gasteiger partial charge in [0.2, 0.25) is 0 Å². The summed E-state index contributed by atoms with van der Waals surface area (Å²) in [6, 6.07) is 2.66. The molecule has 0 N–H and O–H groups in total. The van der Waals surface area contributed by atoms with E-state index in [1.165, 1.54) is 44.9 Å². The molecule has 2 heteroatoms. The Labute approximate surface area is 93.7 Å². The molecule has 1 atom stereocenters. The minimum atomic E-state index is 0.631. The van der Waals surface area contributed by atoms with Crippen LogP contribution >= 0.6 is 0 Å². The standard InChI is InChI=1S/C13H24N2/c1-3-5-7-10-13(9-6-4-2)15-12-8-11-14-15/h8,11-13H,3-7,9-10H2,1-2H3. The van der Waals surface area contributed by atoms with E-state index in [-0.39, 0.29) is 0 Å². The lowest BCUT2D eigenvalue weighted by Crippen LogP contribution is -2.09. The number of unbranched alkanes of at least 4 members (excludes halogenated alkanes) is 3. The average molecular weight is 208 g/mol. The molecule has 0 radical (unpaired) electrons. The topological polar surface area (TPSA) is 17.8 Å². The van der Waals surface area contributed by atoms with E-state index in [9.17, 15) is 0 Å². The van der Waals surface area contributed by atoms with Gasteiger partial charge in [-0.25, -0.2) is 0 Å². The summed E-state index contributed by atoms with van der Waals surface area (Å²) in [5, 5.41) is 4.36. The van der Waals surface area contributed by atoms with Crippen molar-refractivity contribution in [1.29, 1.82) is 0 Å². The summed E-state index contributed by atoms with van der Waals surface area (Å²) < 4.78 is 2.14. The second-order valence-corrected chi connectivity index (χ2v) is 4.28. The van der Waals surface area contributed by atoms with Crippen LogP contribution in [0.25, 0.3) is 0 Å². The molecule has 0 aliphatic rings. The number of hydrogen-bond donors (Lipinski definition) is 0. The fourth-order valence-electron chi connectivity index (χ4n) is 1.98. The van der Waals surface area contributed by atoms with Gasteiger partial charge in [0, 0.05) is 12.4 Å². The maximum absolute atomic E-state index is 4.36. The monoisotopic (exact) mass is 208 g/mol. The van der Waals surface area contributed by atoms with Crippen LogP contribution in [0.2, 0.25) is 0 Å². The lowest BCUT2D eigenvalue weighted by atomic mass is 10.0. The Morgan fingerprint density at radius 3 is 2.40 bits per heavy atom. The highest BCUT2D eigenvalue weighted by Gasteiger charge is 2.09. The third kappa shape index (κ3) is 4.50. The van der Waals surface area contributed by atoms with E-state index >= 15 is 0 Å². The first kappa shape index (κ1) is 12.3. The summed E-state index contributed by atoms with van der Waals surface area (Å²) in [6.45, 7) is 4.52. The van der Waals surface area contributed by atoms with Gasteiger partial charge in [0.05, 0.1) is 6.04 Å². The Kier molecular flexibility index (Phi) is 6.14. The summed E-state index contributed by atoms with van der Waals surface area (Å²) >= 11 is 0. The van der Waals surface area contributed by atoms with Crippen LogP contribution in [0.5, 0.6) is 0 Å². The molecule has 1 heterocycles. The van der Waals surface area contributed by atoms with Gasteiger partial charge in [0.1, 0.15) is 0 Å². The molecule has 0 saturated heterocycles. The van der Waals surface area contributed by atoms with Crippen LogP contribution < -0.4 is 0 Å². The Hall–Kier alpha value is -0.790. The van der Waals surface area contributed by atoms with Crippen LogP contribution in [-0.4, -0.2) is 9.78 Å². The second kappa shape index (κ2) is 7.49. The molecular weight excluding hydrogens is 184 g/mol. The van der Waals surface area contributed by atoms with Gasteiger partial charge in [-0.05, 0) is 18.9 Å². The Bertz CT molecular complexity index is 229. The molecular formula is C13H24N2. The Balaban J connectivity index is 2.39. The van der Waals surface area contributed by atoms with Crippen molar-refractivity contribution in [3.05, 3.63) is 18.5 Å². The molecule has 2 nitrogen and oxygen atoms in total. The largest absolute Gasteiger partial charge is 0.270 e. The fourth-order valence-corrected chi connectivity index (χ4v) is 1.98. The molecule has 0 saturated carbocycles. The zero-order valence-corrected chi connectivity index (χ0v) is 10.2. The molecule has 0 spiro atoms. The van der Waals surface area contributed by atoms with Crippen molar-refractivity contribution in [2.45, 2.75) is 64.8 Å². The van der Waals surface area contributed by atoms with Crippen LogP contribution in [0.4, 0.5) is 0 Å². The fraction of sp³-hybridized carbons (Fsp3) is 0.769. The predicted molar refractivity (Wildman–Crippen MR) is 64.9 cm³/mol. The minimum absolute atomic E-state index is 0.631. The van der Waals surface area contributed by atoms with E-state index in [1.54, 1.807) is 0 Å². The van der Waals surface area contributed by atoms with Crippen molar-refractivity contribution in [2.75, 3.05) is 0 Å². The van der Waals surface area contributed by atoms with E-state index in [4.69, 9.17) is 0 Å². The van der Waals surface area contributed by atoms with Crippen molar-refractivity contribution >= 4 is 0 Å². The van der Waals surface area contributed by atoms with Crippen LogP contribution in [0, 0.1) is 0 Å². The molecule has 0 bridgehead atoms. The first-order valence-corrected chi connectivity index (χ1v) is 6.37. The van der Waals surface area contributed by atoms with Crippen LogP contribution in [0.1, 0.15) is 64.8 Å². The van der Waals surface area contributed by atoms with E-state index in [0.717, 1.165) is 0 Å². The first-order chi connectivity index (χ1) is 7.38. The molecule has 1 aromatic heterocycles. The molecule has 0 aliphatic carbocycles. The number of aromatic nitrogens is 2. The smallest absolute Gasteiger partial charge is 0.0519 e. The zero-order chi connectivity index (χ0) is 10.9. The molecule has 0 fully saturated rings. The van der Waals surface area contributed by atoms with E-state index in [0.29, 0.717) is 6.04 Å². The van der Waals surface area contributed by atoms with E-state index < -0.39 is 0 Å². The van der Waals surface area contributed by atoms with Crippen molar-refractivity contribution in [3.8, 4) is 0 Å². The number of nitrogens with zero attached hydrogens (tertiary/aromatic N) is 2. The number of rotatable bonds is 8. The van der Waals surface area contributed by atoms with Crippen molar-refractivity contribution < 1.29 is 0 Å². The van der Waals surface area contributed by atoms with Crippen molar-refractivity contribution in [3.63, 3.8) is 0 Å². The third-order valence-corrected chi connectivity index (χ3v) is 2.93. The molecule has 1 aromatic rings. The SMILES string of the molecule is CCCCCC(CCCC)n1cccn1. The number of hydrogen-bond acceptors (Lipinski definition) is 1. The average Bonchev–Trinajstić information content (AvgIpc) is 2.76. The zero-order valence-electron chi connectivity index (χ0n) is 10.2. The quantitative estimate of drug-likeness (QED) is 0.586. The van der Waals surface area contributed by atoms with Crippen LogP contribution in [0.15, 0.2) is 18.5 Å². The second-order valence-electron chi connectivity index (χ2n) is 4.28. The Morgan fingerprint density at radius 2 is 1.80 bits per heavy atom. The van der Waals surface area contributed by atoms with Gasteiger partial charge < -0.3 is 0 Å².